The molecule has 0 radical (unpaired) electrons. The summed E-state index contributed by atoms with van der Waals surface area (Å²) in [7, 11) is 0. The smallest absolute Gasteiger partial charge is 0.0669 e. The van der Waals surface area contributed by atoms with Crippen molar-refractivity contribution in [3.05, 3.63) is 0 Å². The Kier molecular flexibility index (Phi) is 7.48. The molecule has 2 atom stereocenters. The first kappa shape index (κ1) is 17.2. The first-order chi connectivity index (χ1) is 10.2. The molecule has 0 bridgehead atoms. The summed E-state index contributed by atoms with van der Waals surface area (Å²) < 4.78 is 0. The van der Waals surface area contributed by atoms with Gasteiger partial charge in [-0.1, -0.05) is 32.6 Å². The molecule has 1 saturated heterocycles. The van der Waals surface area contributed by atoms with E-state index in [-0.39, 0.29) is 6.10 Å². The highest BCUT2D eigenvalue weighted by atomic mass is 16.3. The minimum absolute atomic E-state index is 0.0970. The van der Waals surface area contributed by atoms with Gasteiger partial charge in [0.05, 0.1) is 6.10 Å². The second-order valence-corrected chi connectivity index (χ2v) is 7.42. The third kappa shape index (κ3) is 5.88. The average molecular weight is 296 g/mol. The van der Waals surface area contributed by atoms with E-state index in [1.807, 2.05) is 0 Å². The van der Waals surface area contributed by atoms with E-state index in [4.69, 9.17) is 0 Å². The Morgan fingerprint density at radius 1 is 1.14 bits per heavy atom. The standard InChI is InChI=1S/C18H36N2O/c1-3-10-19-15(2)17-8-11-20(12-9-17)14-18(21)13-16-6-4-5-7-16/h15-19,21H,3-14H2,1-2H3. The van der Waals surface area contributed by atoms with Crippen LogP contribution in [0, 0.1) is 11.8 Å². The highest BCUT2D eigenvalue weighted by Gasteiger charge is 2.26. The maximum atomic E-state index is 10.3. The molecule has 0 aromatic rings. The molecule has 2 fully saturated rings. The summed E-state index contributed by atoms with van der Waals surface area (Å²) in [5, 5.41) is 13.9. The SMILES string of the molecule is CCCNC(C)C1CCN(CC(O)CC2CCCC2)CC1. The first-order valence-corrected chi connectivity index (χ1v) is 9.32. The van der Waals surface area contributed by atoms with Gasteiger partial charge in [0.2, 0.25) is 0 Å². The summed E-state index contributed by atoms with van der Waals surface area (Å²) in [4.78, 5) is 2.49. The lowest BCUT2D eigenvalue weighted by Gasteiger charge is -2.36. The minimum atomic E-state index is -0.0970. The molecular formula is C18H36N2O. The van der Waals surface area contributed by atoms with Crippen molar-refractivity contribution in [2.24, 2.45) is 11.8 Å². The predicted octanol–water partition coefficient (Wildman–Crippen LogP) is 3.03. The molecule has 2 N–H and O–H groups in total. The number of piperidine rings is 1. The molecule has 0 amide bonds. The van der Waals surface area contributed by atoms with E-state index in [1.165, 1.54) is 58.0 Å². The Morgan fingerprint density at radius 2 is 1.81 bits per heavy atom. The van der Waals surface area contributed by atoms with Crippen molar-refractivity contribution in [2.75, 3.05) is 26.2 Å². The minimum Gasteiger partial charge on any atom is -0.392 e. The van der Waals surface area contributed by atoms with Crippen LogP contribution in [0.2, 0.25) is 0 Å². The van der Waals surface area contributed by atoms with Crippen LogP contribution >= 0.6 is 0 Å². The number of hydrogen-bond donors (Lipinski definition) is 2. The van der Waals surface area contributed by atoms with Crippen LogP contribution in [0.5, 0.6) is 0 Å². The van der Waals surface area contributed by atoms with Crippen molar-refractivity contribution < 1.29 is 5.11 Å². The Bertz CT molecular complexity index is 270. The van der Waals surface area contributed by atoms with E-state index in [2.05, 4.69) is 24.1 Å². The van der Waals surface area contributed by atoms with Gasteiger partial charge in [-0.2, -0.15) is 0 Å². The lowest BCUT2D eigenvalue weighted by molar-refractivity contribution is 0.0690. The fourth-order valence-electron chi connectivity index (χ4n) is 4.18. The zero-order valence-corrected chi connectivity index (χ0v) is 14.2. The number of nitrogens with zero attached hydrogens (tertiary/aromatic N) is 1. The number of hydrogen-bond acceptors (Lipinski definition) is 3. The molecule has 124 valence electrons. The van der Waals surface area contributed by atoms with Crippen LogP contribution in [-0.4, -0.2) is 48.3 Å². The van der Waals surface area contributed by atoms with Gasteiger partial charge in [-0.3, -0.25) is 0 Å². The molecule has 3 heteroatoms. The number of aliphatic hydroxyl groups is 1. The summed E-state index contributed by atoms with van der Waals surface area (Å²) in [5.41, 5.74) is 0. The molecule has 0 aromatic carbocycles. The quantitative estimate of drug-likeness (QED) is 0.723. The summed E-state index contributed by atoms with van der Waals surface area (Å²) >= 11 is 0. The fraction of sp³-hybridized carbons (Fsp3) is 1.00. The lowest BCUT2D eigenvalue weighted by atomic mass is 9.90. The molecule has 1 aliphatic heterocycles. The van der Waals surface area contributed by atoms with Gasteiger partial charge in [-0.15, -0.1) is 0 Å². The molecule has 1 aliphatic carbocycles. The van der Waals surface area contributed by atoms with E-state index < -0.39 is 0 Å². The second-order valence-electron chi connectivity index (χ2n) is 7.42. The van der Waals surface area contributed by atoms with E-state index >= 15 is 0 Å². The molecule has 1 saturated carbocycles. The second kappa shape index (κ2) is 9.12. The van der Waals surface area contributed by atoms with Gasteiger partial charge >= 0.3 is 0 Å². The van der Waals surface area contributed by atoms with Crippen molar-refractivity contribution >= 4 is 0 Å². The number of nitrogens with one attached hydrogen (secondary N) is 1. The summed E-state index contributed by atoms with van der Waals surface area (Å²) in [6, 6.07) is 0.649. The van der Waals surface area contributed by atoms with Crippen molar-refractivity contribution in [1.82, 2.24) is 10.2 Å². The summed E-state index contributed by atoms with van der Waals surface area (Å²) in [5.74, 6) is 1.62. The largest absolute Gasteiger partial charge is 0.392 e. The molecule has 2 rings (SSSR count). The number of likely N-dealkylation sites (tertiary alicyclic amines) is 1. The van der Waals surface area contributed by atoms with Crippen molar-refractivity contribution in [3.63, 3.8) is 0 Å². The number of β-amino-alcohol motifs (C(OH)–C–C–N with tert-alkyl or cyclic N) is 1. The van der Waals surface area contributed by atoms with Gasteiger partial charge in [0.1, 0.15) is 0 Å². The summed E-state index contributed by atoms with van der Waals surface area (Å²) in [6.07, 6.45) is 10.2. The number of rotatable bonds is 8. The van der Waals surface area contributed by atoms with Gasteiger partial charge in [-0.05, 0) is 64.1 Å². The fourth-order valence-corrected chi connectivity index (χ4v) is 4.18. The van der Waals surface area contributed by atoms with Crippen LogP contribution in [0.4, 0.5) is 0 Å². The highest BCUT2D eigenvalue weighted by molar-refractivity contribution is 4.81. The molecule has 2 unspecified atom stereocenters. The molecule has 0 aromatic heterocycles. The first-order valence-electron chi connectivity index (χ1n) is 9.32. The maximum Gasteiger partial charge on any atom is 0.0669 e. The van der Waals surface area contributed by atoms with Crippen molar-refractivity contribution in [3.8, 4) is 0 Å². The van der Waals surface area contributed by atoms with E-state index in [0.717, 1.165) is 31.3 Å². The average Bonchev–Trinajstić information content (AvgIpc) is 2.98. The Labute approximate surface area is 131 Å². The van der Waals surface area contributed by atoms with Crippen LogP contribution in [0.3, 0.4) is 0 Å². The van der Waals surface area contributed by atoms with Crippen LogP contribution in [0.15, 0.2) is 0 Å². The zero-order chi connectivity index (χ0) is 15.1. The predicted molar refractivity (Wildman–Crippen MR) is 89.5 cm³/mol. The maximum absolute atomic E-state index is 10.3. The van der Waals surface area contributed by atoms with E-state index in [9.17, 15) is 5.11 Å². The van der Waals surface area contributed by atoms with Crippen LogP contribution < -0.4 is 5.32 Å². The van der Waals surface area contributed by atoms with Gasteiger partial charge in [0.25, 0.3) is 0 Å². The lowest BCUT2D eigenvalue weighted by Crippen LogP contribution is -2.44. The molecule has 2 aliphatic rings. The van der Waals surface area contributed by atoms with Crippen molar-refractivity contribution in [2.45, 2.75) is 77.4 Å². The van der Waals surface area contributed by atoms with Crippen molar-refractivity contribution in [1.29, 1.82) is 0 Å². The molecule has 21 heavy (non-hydrogen) atoms. The monoisotopic (exact) mass is 296 g/mol. The van der Waals surface area contributed by atoms with Crippen LogP contribution in [-0.2, 0) is 0 Å². The van der Waals surface area contributed by atoms with Gasteiger partial charge in [0.15, 0.2) is 0 Å². The highest BCUT2D eigenvalue weighted by Crippen LogP contribution is 2.29. The molecular weight excluding hydrogens is 260 g/mol. The normalized spacial score (nSPS) is 25.3. The summed E-state index contributed by atoms with van der Waals surface area (Å²) in [6.45, 7) is 8.95. The molecule has 0 spiro atoms. The van der Waals surface area contributed by atoms with E-state index in [0.29, 0.717) is 6.04 Å². The zero-order valence-electron chi connectivity index (χ0n) is 14.2. The van der Waals surface area contributed by atoms with E-state index in [1.54, 1.807) is 0 Å². The van der Waals surface area contributed by atoms with Crippen LogP contribution in [0.25, 0.3) is 0 Å². The topological polar surface area (TPSA) is 35.5 Å². The Hall–Kier alpha value is -0.120. The Balaban J connectivity index is 1.61. The van der Waals surface area contributed by atoms with Gasteiger partial charge < -0.3 is 15.3 Å². The molecule has 3 nitrogen and oxygen atoms in total. The third-order valence-corrected chi connectivity index (χ3v) is 5.60. The van der Waals surface area contributed by atoms with Gasteiger partial charge in [-0.25, -0.2) is 0 Å². The van der Waals surface area contributed by atoms with Crippen LogP contribution in [0.1, 0.15) is 65.2 Å². The third-order valence-electron chi connectivity index (χ3n) is 5.60. The molecule has 1 heterocycles. The van der Waals surface area contributed by atoms with Gasteiger partial charge in [0, 0.05) is 12.6 Å². The number of aliphatic hydroxyl groups excluding tert-OH is 1. The Morgan fingerprint density at radius 3 is 2.43 bits per heavy atom.